The summed E-state index contributed by atoms with van der Waals surface area (Å²) in [5.41, 5.74) is 1.50. The summed E-state index contributed by atoms with van der Waals surface area (Å²) in [6.45, 7) is 0. The largest absolute Gasteiger partial charge is 0.495 e. The normalized spacial score (nSPS) is 15.3. The van der Waals surface area contributed by atoms with Crippen LogP contribution < -0.4 is 15.1 Å². The van der Waals surface area contributed by atoms with E-state index < -0.39 is 11.9 Å². The topological polar surface area (TPSA) is 59.8 Å². The summed E-state index contributed by atoms with van der Waals surface area (Å²) in [6.07, 6.45) is 0. The minimum atomic E-state index is -0.736. The van der Waals surface area contributed by atoms with Crippen molar-refractivity contribution in [3.63, 3.8) is 0 Å². The summed E-state index contributed by atoms with van der Waals surface area (Å²) in [7, 11) is 1.51. The third-order valence-corrected chi connectivity index (χ3v) is 6.43. The van der Waals surface area contributed by atoms with Crippen molar-refractivity contribution < 1.29 is 13.9 Å². The maximum absolute atomic E-state index is 13.6. The molecular formula is C24H14BrCl2NO4. The molecule has 5 rings (SSSR count). The van der Waals surface area contributed by atoms with Crippen LogP contribution in [0, 0.1) is 0 Å². The zero-order chi connectivity index (χ0) is 22.6. The second-order valence-electron chi connectivity index (χ2n) is 7.27. The number of rotatable bonds is 3. The third kappa shape index (κ3) is 3.30. The number of anilines is 1. The molecular weight excluding hydrogens is 517 g/mol. The van der Waals surface area contributed by atoms with Crippen molar-refractivity contribution in [2.24, 2.45) is 0 Å². The zero-order valence-corrected chi connectivity index (χ0v) is 19.7. The van der Waals surface area contributed by atoms with E-state index in [1.165, 1.54) is 12.0 Å². The first-order valence-corrected chi connectivity index (χ1v) is 11.1. The number of benzene rings is 3. The van der Waals surface area contributed by atoms with E-state index in [4.69, 9.17) is 32.4 Å². The predicted molar refractivity (Wildman–Crippen MR) is 128 cm³/mol. The minimum Gasteiger partial charge on any atom is -0.495 e. The van der Waals surface area contributed by atoms with E-state index in [2.05, 4.69) is 15.9 Å². The van der Waals surface area contributed by atoms with Gasteiger partial charge in [0.2, 0.25) is 5.76 Å². The molecule has 1 atom stereocenters. The third-order valence-electron chi connectivity index (χ3n) is 5.41. The van der Waals surface area contributed by atoms with E-state index in [9.17, 15) is 9.59 Å². The van der Waals surface area contributed by atoms with E-state index in [1.807, 2.05) is 6.07 Å². The van der Waals surface area contributed by atoms with Crippen LogP contribution in [-0.4, -0.2) is 13.0 Å². The van der Waals surface area contributed by atoms with Crippen molar-refractivity contribution in [1.29, 1.82) is 0 Å². The van der Waals surface area contributed by atoms with Crippen LogP contribution in [0.1, 0.15) is 27.7 Å². The molecule has 3 aromatic carbocycles. The summed E-state index contributed by atoms with van der Waals surface area (Å²) in [5.74, 6) is 0.0403. The maximum Gasteiger partial charge on any atom is 0.295 e. The van der Waals surface area contributed by atoms with E-state index >= 15 is 0 Å². The van der Waals surface area contributed by atoms with Crippen molar-refractivity contribution in [3.05, 3.63) is 102 Å². The molecule has 1 aliphatic rings. The van der Waals surface area contributed by atoms with Gasteiger partial charge in [-0.3, -0.25) is 14.5 Å². The van der Waals surface area contributed by atoms with Crippen LogP contribution in [0.2, 0.25) is 10.0 Å². The SMILES string of the molecule is COc1ccc(N2C(=O)c3oc4ccc(Br)cc4c(=O)c3C2c2cccc(Cl)c2)cc1Cl. The molecule has 8 heteroatoms. The van der Waals surface area contributed by atoms with Crippen molar-refractivity contribution in [3.8, 4) is 5.75 Å². The monoisotopic (exact) mass is 529 g/mol. The van der Waals surface area contributed by atoms with Gasteiger partial charge in [-0.1, -0.05) is 51.3 Å². The Morgan fingerprint density at radius 1 is 1.03 bits per heavy atom. The molecule has 0 aliphatic carbocycles. The van der Waals surface area contributed by atoms with Gasteiger partial charge in [-0.15, -0.1) is 0 Å². The van der Waals surface area contributed by atoms with Crippen LogP contribution >= 0.6 is 39.1 Å². The van der Waals surface area contributed by atoms with Gasteiger partial charge in [-0.05, 0) is 54.1 Å². The molecule has 1 unspecified atom stereocenters. The molecule has 32 heavy (non-hydrogen) atoms. The van der Waals surface area contributed by atoms with E-state index in [1.54, 1.807) is 54.6 Å². The Hall–Kier alpha value is -2.80. The van der Waals surface area contributed by atoms with Gasteiger partial charge in [0.05, 0.1) is 29.1 Å². The van der Waals surface area contributed by atoms with Crippen LogP contribution in [-0.2, 0) is 0 Å². The average Bonchev–Trinajstić information content (AvgIpc) is 3.07. The van der Waals surface area contributed by atoms with Crippen molar-refractivity contribution >= 4 is 61.7 Å². The summed E-state index contributed by atoms with van der Waals surface area (Å²) in [5, 5.41) is 1.21. The standard InChI is InChI=1S/C24H14BrCl2NO4/c1-31-19-8-6-15(11-17(19)27)28-21(12-3-2-4-14(26)9-12)20-22(29)16-10-13(25)5-7-18(16)32-23(20)24(28)30/h2-11,21H,1H3. The van der Waals surface area contributed by atoms with Crippen LogP contribution in [0.4, 0.5) is 5.69 Å². The number of amides is 1. The Balaban J connectivity index is 1.81. The maximum atomic E-state index is 13.6. The number of halogens is 3. The molecule has 0 bridgehead atoms. The number of hydrogen-bond donors (Lipinski definition) is 0. The van der Waals surface area contributed by atoms with E-state index in [0.29, 0.717) is 38.0 Å². The summed E-state index contributed by atoms with van der Waals surface area (Å²) in [4.78, 5) is 28.7. The summed E-state index contributed by atoms with van der Waals surface area (Å²) in [6, 6.07) is 16.5. The van der Waals surface area contributed by atoms with Crippen LogP contribution in [0.5, 0.6) is 5.75 Å². The number of carbonyl (C=O) groups is 1. The highest BCUT2D eigenvalue weighted by atomic mass is 79.9. The highest BCUT2D eigenvalue weighted by molar-refractivity contribution is 9.10. The van der Waals surface area contributed by atoms with Crippen molar-refractivity contribution in [1.82, 2.24) is 0 Å². The van der Waals surface area contributed by atoms with Crippen LogP contribution in [0.3, 0.4) is 0 Å². The average molecular weight is 531 g/mol. The second kappa shape index (κ2) is 7.96. The molecule has 0 N–H and O–H groups in total. The number of hydrogen-bond acceptors (Lipinski definition) is 4. The fourth-order valence-corrected chi connectivity index (χ4v) is 4.82. The Kier molecular flexibility index (Phi) is 5.24. The number of nitrogens with zero attached hydrogens (tertiary/aromatic N) is 1. The Labute approximate surface area is 201 Å². The highest BCUT2D eigenvalue weighted by Gasteiger charge is 2.43. The Morgan fingerprint density at radius 3 is 2.56 bits per heavy atom. The fourth-order valence-electron chi connectivity index (χ4n) is 4.01. The molecule has 0 saturated carbocycles. The summed E-state index contributed by atoms with van der Waals surface area (Å²) >= 11 is 16.0. The summed E-state index contributed by atoms with van der Waals surface area (Å²) < 4.78 is 11.9. The number of ether oxygens (including phenoxy) is 1. The zero-order valence-electron chi connectivity index (χ0n) is 16.6. The molecule has 2 heterocycles. The molecule has 4 aromatic rings. The lowest BCUT2D eigenvalue weighted by atomic mass is 9.98. The lowest BCUT2D eigenvalue weighted by Crippen LogP contribution is -2.29. The number of methoxy groups -OCH3 is 1. The molecule has 0 fully saturated rings. The molecule has 160 valence electrons. The lowest BCUT2D eigenvalue weighted by Gasteiger charge is -2.25. The lowest BCUT2D eigenvalue weighted by molar-refractivity contribution is 0.0971. The Bertz CT molecular complexity index is 1470. The smallest absolute Gasteiger partial charge is 0.295 e. The minimum absolute atomic E-state index is 0.00161. The first kappa shape index (κ1) is 21.1. The highest BCUT2D eigenvalue weighted by Crippen LogP contribution is 2.43. The van der Waals surface area contributed by atoms with Crippen molar-refractivity contribution in [2.45, 2.75) is 6.04 Å². The van der Waals surface area contributed by atoms with Crippen LogP contribution in [0.15, 0.2) is 74.3 Å². The van der Waals surface area contributed by atoms with Gasteiger partial charge >= 0.3 is 0 Å². The first-order chi connectivity index (χ1) is 15.4. The molecule has 1 aromatic heterocycles. The van der Waals surface area contributed by atoms with Gasteiger partial charge in [0.15, 0.2) is 5.43 Å². The van der Waals surface area contributed by atoms with Crippen molar-refractivity contribution in [2.75, 3.05) is 12.0 Å². The number of fused-ring (bicyclic) bond motifs is 2. The van der Waals surface area contributed by atoms with Gasteiger partial charge in [-0.2, -0.15) is 0 Å². The van der Waals surface area contributed by atoms with Gasteiger partial charge in [-0.25, -0.2) is 0 Å². The second-order valence-corrected chi connectivity index (χ2v) is 9.03. The predicted octanol–water partition coefficient (Wildman–Crippen LogP) is 6.62. The molecule has 1 amide bonds. The fraction of sp³-hybridized carbons (Fsp3) is 0.0833. The van der Waals surface area contributed by atoms with Gasteiger partial charge < -0.3 is 9.15 Å². The van der Waals surface area contributed by atoms with Gasteiger partial charge in [0.25, 0.3) is 5.91 Å². The Morgan fingerprint density at radius 2 is 1.84 bits per heavy atom. The number of carbonyl (C=O) groups excluding carboxylic acids is 1. The van der Waals surface area contributed by atoms with E-state index in [-0.39, 0.29) is 16.8 Å². The molecule has 5 nitrogen and oxygen atoms in total. The van der Waals surface area contributed by atoms with Crippen LogP contribution in [0.25, 0.3) is 11.0 Å². The molecule has 0 spiro atoms. The quantitative estimate of drug-likeness (QED) is 0.298. The first-order valence-electron chi connectivity index (χ1n) is 9.58. The molecule has 0 saturated heterocycles. The van der Waals surface area contributed by atoms with E-state index in [0.717, 1.165) is 4.47 Å². The van der Waals surface area contributed by atoms with Gasteiger partial charge in [0, 0.05) is 15.2 Å². The molecule has 0 radical (unpaired) electrons. The van der Waals surface area contributed by atoms with Gasteiger partial charge in [0.1, 0.15) is 11.3 Å². The molecule has 1 aliphatic heterocycles.